The fourth-order valence-electron chi connectivity index (χ4n) is 0.462. The summed E-state index contributed by atoms with van der Waals surface area (Å²) in [5.41, 5.74) is 4.27. The summed E-state index contributed by atoms with van der Waals surface area (Å²) in [5, 5.41) is 0. The molecule has 0 aliphatic rings. The molecule has 0 heterocycles. The van der Waals surface area contributed by atoms with Gasteiger partial charge >= 0.3 is 5.97 Å². The monoisotopic (exact) mass is 163 g/mol. The van der Waals surface area contributed by atoms with Crippen LogP contribution in [0.4, 0.5) is 4.39 Å². The van der Waals surface area contributed by atoms with Crippen LogP contribution in [0.15, 0.2) is 0 Å². The maximum absolute atomic E-state index is 12.5. The number of ether oxygens (including phenoxy) is 1. The van der Waals surface area contributed by atoms with Crippen molar-refractivity contribution in [3.05, 3.63) is 0 Å². The molecule has 0 unspecified atom stereocenters. The summed E-state index contributed by atoms with van der Waals surface area (Å²) in [5.74, 6) is -0.889. The van der Waals surface area contributed by atoms with Gasteiger partial charge in [-0.1, -0.05) is 0 Å². The van der Waals surface area contributed by atoms with E-state index in [0.717, 1.165) is 0 Å². The predicted octanol–water partition coefficient (Wildman–Crippen LogP) is 0.625. The van der Waals surface area contributed by atoms with Crippen molar-refractivity contribution in [3.63, 3.8) is 0 Å². The number of hydrogen-bond donors (Lipinski definition) is 1. The minimum absolute atomic E-state index is 0.324. The van der Waals surface area contributed by atoms with Crippen LogP contribution in [0.5, 0.6) is 0 Å². The number of hydrogen-bond acceptors (Lipinski definition) is 3. The largest absolute Gasteiger partial charge is 0.458 e. The van der Waals surface area contributed by atoms with E-state index >= 15 is 0 Å². The van der Waals surface area contributed by atoms with E-state index in [-0.39, 0.29) is 6.54 Å². The molecule has 0 bridgehead atoms. The Bertz CT molecular complexity index is 142. The molecule has 0 aliphatic carbocycles. The summed E-state index contributed by atoms with van der Waals surface area (Å²) >= 11 is 0. The molecule has 0 spiro atoms. The molecule has 1 atom stereocenters. The van der Waals surface area contributed by atoms with Crippen LogP contribution in [-0.2, 0) is 9.53 Å². The lowest BCUT2D eigenvalue weighted by Crippen LogP contribution is -2.33. The molecule has 0 amide bonds. The van der Waals surface area contributed by atoms with Crippen LogP contribution in [0.2, 0.25) is 0 Å². The average Bonchev–Trinajstić information content (AvgIpc) is 1.82. The highest BCUT2D eigenvalue weighted by molar-refractivity contribution is 5.75. The number of nitrogens with two attached hydrogens (primary N) is 1. The van der Waals surface area contributed by atoms with Crippen LogP contribution in [-0.4, -0.2) is 24.3 Å². The van der Waals surface area contributed by atoms with Gasteiger partial charge in [-0.25, -0.2) is 9.18 Å². The van der Waals surface area contributed by atoms with Gasteiger partial charge in [-0.05, 0) is 20.8 Å². The lowest BCUT2D eigenvalue weighted by Gasteiger charge is -2.20. The Morgan fingerprint density at radius 3 is 2.36 bits per heavy atom. The number of esters is 1. The number of halogens is 1. The molecular formula is C7H14FNO2. The summed E-state index contributed by atoms with van der Waals surface area (Å²) in [4.78, 5) is 10.7. The van der Waals surface area contributed by atoms with Gasteiger partial charge in [-0.2, -0.15) is 0 Å². The third-order valence-electron chi connectivity index (χ3n) is 0.869. The highest BCUT2D eigenvalue weighted by Crippen LogP contribution is 2.08. The van der Waals surface area contributed by atoms with Crippen molar-refractivity contribution < 1.29 is 13.9 Å². The average molecular weight is 163 g/mol. The third kappa shape index (κ3) is 4.72. The first kappa shape index (κ1) is 10.4. The van der Waals surface area contributed by atoms with E-state index in [1.165, 1.54) is 0 Å². The van der Waals surface area contributed by atoms with E-state index < -0.39 is 17.7 Å². The van der Waals surface area contributed by atoms with E-state index in [1.54, 1.807) is 20.8 Å². The summed E-state index contributed by atoms with van der Waals surface area (Å²) in [7, 11) is 0. The van der Waals surface area contributed by atoms with Gasteiger partial charge in [0.2, 0.25) is 6.17 Å². The smallest absolute Gasteiger partial charge is 0.342 e. The van der Waals surface area contributed by atoms with Gasteiger partial charge in [0, 0.05) is 6.54 Å². The fourth-order valence-corrected chi connectivity index (χ4v) is 0.462. The van der Waals surface area contributed by atoms with Crippen molar-refractivity contribution in [1.29, 1.82) is 0 Å². The van der Waals surface area contributed by atoms with Crippen molar-refractivity contribution in [2.75, 3.05) is 6.54 Å². The van der Waals surface area contributed by atoms with Crippen molar-refractivity contribution in [2.24, 2.45) is 5.73 Å². The van der Waals surface area contributed by atoms with Gasteiger partial charge in [0.15, 0.2) is 0 Å². The first-order valence-corrected chi connectivity index (χ1v) is 3.44. The van der Waals surface area contributed by atoms with Crippen molar-refractivity contribution >= 4 is 5.97 Å². The molecule has 0 rings (SSSR count). The maximum atomic E-state index is 12.5. The Hall–Kier alpha value is -0.640. The number of rotatable bonds is 2. The van der Waals surface area contributed by atoms with E-state index in [1.807, 2.05) is 0 Å². The third-order valence-corrected chi connectivity index (χ3v) is 0.869. The zero-order chi connectivity index (χ0) is 9.07. The molecule has 0 radical (unpaired) electrons. The van der Waals surface area contributed by atoms with Gasteiger partial charge in [-0.15, -0.1) is 0 Å². The molecule has 0 saturated heterocycles. The fraction of sp³-hybridized carbons (Fsp3) is 0.857. The van der Waals surface area contributed by atoms with Crippen LogP contribution >= 0.6 is 0 Å². The second kappa shape index (κ2) is 3.67. The maximum Gasteiger partial charge on any atom is 0.342 e. The predicted molar refractivity (Wildman–Crippen MR) is 39.8 cm³/mol. The van der Waals surface area contributed by atoms with E-state index in [9.17, 15) is 9.18 Å². The van der Waals surface area contributed by atoms with Crippen molar-refractivity contribution in [2.45, 2.75) is 32.5 Å². The quantitative estimate of drug-likeness (QED) is 0.607. The first-order chi connectivity index (χ1) is 4.87. The molecule has 2 N–H and O–H groups in total. The van der Waals surface area contributed by atoms with Crippen LogP contribution < -0.4 is 5.73 Å². The summed E-state index contributed by atoms with van der Waals surface area (Å²) in [6, 6.07) is 0. The minimum atomic E-state index is -1.70. The molecule has 3 nitrogen and oxygen atoms in total. The van der Waals surface area contributed by atoms with E-state index in [4.69, 9.17) is 10.5 Å². The highest BCUT2D eigenvalue weighted by atomic mass is 19.1. The Kier molecular flexibility index (Phi) is 3.45. The molecule has 0 fully saturated rings. The second-order valence-electron chi connectivity index (χ2n) is 3.24. The lowest BCUT2D eigenvalue weighted by molar-refractivity contribution is -0.160. The molecular weight excluding hydrogens is 149 g/mol. The number of carbonyl (C=O) groups is 1. The summed E-state index contributed by atoms with van der Waals surface area (Å²) in [6.07, 6.45) is -1.70. The summed E-state index contributed by atoms with van der Waals surface area (Å²) < 4.78 is 17.2. The molecule has 11 heavy (non-hydrogen) atoms. The van der Waals surface area contributed by atoms with E-state index in [0.29, 0.717) is 0 Å². The van der Waals surface area contributed by atoms with Gasteiger partial charge in [0.05, 0.1) is 0 Å². The van der Waals surface area contributed by atoms with Gasteiger partial charge in [-0.3, -0.25) is 0 Å². The molecule has 0 aromatic heterocycles. The summed E-state index contributed by atoms with van der Waals surface area (Å²) in [6.45, 7) is 4.70. The first-order valence-electron chi connectivity index (χ1n) is 3.44. The standard InChI is InChI=1S/C7H14FNO2/c1-7(2,3)11-6(10)5(8)4-9/h5H,4,9H2,1-3H3/t5-/m0/s1. The van der Waals surface area contributed by atoms with Crippen LogP contribution in [0, 0.1) is 0 Å². The molecule has 0 aliphatic heterocycles. The highest BCUT2D eigenvalue weighted by Gasteiger charge is 2.23. The Morgan fingerprint density at radius 2 is 2.09 bits per heavy atom. The van der Waals surface area contributed by atoms with Crippen LogP contribution in [0.1, 0.15) is 20.8 Å². The number of alkyl halides is 1. The van der Waals surface area contributed by atoms with Crippen molar-refractivity contribution in [1.82, 2.24) is 0 Å². The molecule has 0 aromatic rings. The van der Waals surface area contributed by atoms with Crippen LogP contribution in [0.25, 0.3) is 0 Å². The molecule has 66 valence electrons. The SMILES string of the molecule is CC(C)(C)OC(=O)[C@@H](F)CN. The van der Waals surface area contributed by atoms with Crippen LogP contribution in [0.3, 0.4) is 0 Å². The van der Waals surface area contributed by atoms with Gasteiger partial charge in [0.25, 0.3) is 0 Å². The normalized spacial score (nSPS) is 14.3. The van der Waals surface area contributed by atoms with Crippen molar-refractivity contribution in [3.8, 4) is 0 Å². The Morgan fingerprint density at radius 1 is 1.64 bits per heavy atom. The van der Waals surface area contributed by atoms with E-state index in [2.05, 4.69) is 0 Å². The van der Waals surface area contributed by atoms with Gasteiger partial charge < -0.3 is 10.5 Å². The topological polar surface area (TPSA) is 52.3 Å². The molecule has 0 aromatic carbocycles. The second-order valence-corrected chi connectivity index (χ2v) is 3.24. The molecule has 0 saturated carbocycles. The molecule has 4 heteroatoms. The Balaban J connectivity index is 3.88. The Labute approximate surface area is 65.7 Å². The zero-order valence-electron chi connectivity index (χ0n) is 7.06. The zero-order valence-corrected chi connectivity index (χ0v) is 7.06. The minimum Gasteiger partial charge on any atom is -0.458 e. The lowest BCUT2D eigenvalue weighted by atomic mass is 10.2. The number of carbonyl (C=O) groups excluding carboxylic acids is 1. The van der Waals surface area contributed by atoms with Gasteiger partial charge in [0.1, 0.15) is 5.60 Å².